The molecule has 0 unspecified atom stereocenters. The molecule has 2 aliphatic rings. The minimum absolute atomic E-state index is 0.0306. The van der Waals surface area contributed by atoms with Gasteiger partial charge in [0.2, 0.25) is 0 Å². The molecule has 130 valence electrons. The number of ketones is 1. The van der Waals surface area contributed by atoms with Crippen molar-refractivity contribution in [2.24, 2.45) is 23.2 Å². The van der Waals surface area contributed by atoms with Gasteiger partial charge < -0.3 is 0 Å². The quantitative estimate of drug-likeness (QED) is 0.781. The molecule has 0 amide bonds. The number of fused-ring (bicyclic) bond motifs is 1. The standard InChI is InChI=1S/C19H24O4S/c1-13-4-7-15(8-5-13)24(21,22)23-12-19(3)17-10-6-14(2)16(17)9-11-18(19)20/h4-5,7-9,11,14,16-17H,6,10,12H2,1-3H3/t14-,16-,17+,19-/m0/s1. The van der Waals surface area contributed by atoms with Crippen LogP contribution in [-0.2, 0) is 19.1 Å². The van der Waals surface area contributed by atoms with Crippen molar-refractivity contribution >= 4 is 15.9 Å². The summed E-state index contributed by atoms with van der Waals surface area (Å²) in [6.07, 6.45) is 5.62. The van der Waals surface area contributed by atoms with Gasteiger partial charge in [0, 0.05) is 0 Å². The average Bonchev–Trinajstić information content (AvgIpc) is 2.92. The van der Waals surface area contributed by atoms with Crippen LogP contribution in [0, 0.1) is 30.1 Å². The second-order valence-electron chi connectivity index (χ2n) is 7.41. The molecule has 4 nitrogen and oxygen atoms in total. The van der Waals surface area contributed by atoms with E-state index in [4.69, 9.17) is 4.18 Å². The highest BCUT2D eigenvalue weighted by molar-refractivity contribution is 7.86. The first kappa shape index (κ1) is 17.4. The van der Waals surface area contributed by atoms with Crippen LogP contribution in [-0.4, -0.2) is 20.8 Å². The van der Waals surface area contributed by atoms with E-state index >= 15 is 0 Å². The monoisotopic (exact) mass is 348 g/mol. The summed E-state index contributed by atoms with van der Waals surface area (Å²) in [6.45, 7) is 5.83. The highest BCUT2D eigenvalue weighted by Crippen LogP contribution is 2.50. The molecule has 0 radical (unpaired) electrons. The fraction of sp³-hybridized carbons (Fsp3) is 0.526. The Labute approximate surface area is 144 Å². The van der Waals surface area contributed by atoms with E-state index in [9.17, 15) is 13.2 Å². The van der Waals surface area contributed by atoms with Crippen LogP contribution in [0.1, 0.15) is 32.3 Å². The van der Waals surface area contributed by atoms with Crippen LogP contribution in [0.5, 0.6) is 0 Å². The van der Waals surface area contributed by atoms with Crippen molar-refractivity contribution < 1.29 is 17.4 Å². The lowest BCUT2D eigenvalue weighted by molar-refractivity contribution is -0.129. The number of rotatable bonds is 4. The molecule has 0 aromatic heterocycles. The van der Waals surface area contributed by atoms with E-state index in [1.807, 2.05) is 19.9 Å². The van der Waals surface area contributed by atoms with Gasteiger partial charge in [0.1, 0.15) is 0 Å². The minimum atomic E-state index is -3.86. The Hall–Kier alpha value is -1.46. The number of carbonyl (C=O) groups excluding carboxylic acids is 1. The van der Waals surface area contributed by atoms with Crippen molar-refractivity contribution in [1.82, 2.24) is 0 Å². The molecule has 2 aliphatic carbocycles. The van der Waals surface area contributed by atoms with Crippen molar-refractivity contribution in [2.45, 2.75) is 38.5 Å². The highest BCUT2D eigenvalue weighted by Gasteiger charge is 2.50. The van der Waals surface area contributed by atoms with Gasteiger partial charge in [-0.1, -0.05) is 30.7 Å². The Balaban J connectivity index is 1.81. The van der Waals surface area contributed by atoms with Gasteiger partial charge in [-0.05, 0) is 62.7 Å². The molecule has 1 aromatic rings. The second-order valence-corrected chi connectivity index (χ2v) is 9.02. The molecule has 1 aromatic carbocycles. The van der Waals surface area contributed by atoms with E-state index < -0.39 is 15.5 Å². The van der Waals surface area contributed by atoms with Crippen LogP contribution in [0.25, 0.3) is 0 Å². The first-order valence-electron chi connectivity index (χ1n) is 8.43. The Kier molecular flexibility index (Phi) is 4.43. The molecule has 0 saturated heterocycles. The third-order valence-electron chi connectivity index (χ3n) is 5.73. The van der Waals surface area contributed by atoms with Crippen LogP contribution in [0.15, 0.2) is 41.3 Å². The van der Waals surface area contributed by atoms with Crippen molar-refractivity contribution in [3.63, 3.8) is 0 Å². The summed E-state index contributed by atoms with van der Waals surface area (Å²) < 4.78 is 30.2. The zero-order valence-corrected chi connectivity index (χ0v) is 15.2. The van der Waals surface area contributed by atoms with E-state index in [-0.39, 0.29) is 23.2 Å². The number of hydrogen-bond donors (Lipinski definition) is 0. The fourth-order valence-electron chi connectivity index (χ4n) is 4.01. The van der Waals surface area contributed by atoms with Gasteiger partial charge in [-0.15, -0.1) is 0 Å². The molecule has 5 heteroatoms. The molecular formula is C19H24O4S. The summed E-state index contributed by atoms with van der Waals surface area (Å²) >= 11 is 0. The van der Waals surface area contributed by atoms with E-state index in [0.717, 1.165) is 18.4 Å². The Morgan fingerprint density at radius 1 is 1.21 bits per heavy atom. The van der Waals surface area contributed by atoms with Gasteiger partial charge in [0.25, 0.3) is 10.1 Å². The van der Waals surface area contributed by atoms with E-state index in [1.165, 1.54) is 12.1 Å². The Morgan fingerprint density at radius 3 is 2.54 bits per heavy atom. The van der Waals surface area contributed by atoms with Crippen molar-refractivity contribution in [3.8, 4) is 0 Å². The minimum Gasteiger partial charge on any atom is -0.294 e. The van der Waals surface area contributed by atoms with Crippen molar-refractivity contribution in [1.29, 1.82) is 0 Å². The lowest BCUT2D eigenvalue weighted by atomic mass is 9.65. The number of carbonyl (C=O) groups is 1. The zero-order chi connectivity index (χ0) is 17.5. The first-order chi connectivity index (χ1) is 11.2. The predicted octanol–water partition coefficient (Wildman–Crippen LogP) is 3.51. The second kappa shape index (κ2) is 6.12. The maximum absolute atomic E-state index is 12.5. The first-order valence-corrected chi connectivity index (χ1v) is 9.83. The van der Waals surface area contributed by atoms with Gasteiger partial charge in [-0.3, -0.25) is 8.98 Å². The molecule has 3 rings (SSSR count). The normalized spacial score (nSPS) is 32.8. The van der Waals surface area contributed by atoms with Crippen LogP contribution in [0.4, 0.5) is 0 Å². The van der Waals surface area contributed by atoms with E-state index in [0.29, 0.717) is 11.8 Å². The number of hydrogen-bond acceptors (Lipinski definition) is 4. The molecular weight excluding hydrogens is 324 g/mol. The maximum atomic E-state index is 12.5. The molecule has 0 N–H and O–H groups in total. The molecule has 24 heavy (non-hydrogen) atoms. The topological polar surface area (TPSA) is 60.4 Å². The predicted molar refractivity (Wildman–Crippen MR) is 91.9 cm³/mol. The number of benzene rings is 1. The highest BCUT2D eigenvalue weighted by atomic mass is 32.2. The molecule has 1 fully saturated rings. The van der Waals surface area contributed by atoms with Gasteiger partial charge in [0.15, 0.2) is 5.78 Å². The van der Waals surface area contributed by atoms with Gasteiger partial charge in [-0.25, -0.2) is 0 Å². The zero-order valence-electron chi connectivity index (χ0n) is 14.4. The van der Waals surface area contributed by atoms with Crippen LogP contribution < -0.4 is 0 Å². The van der Waals surface area contributed by atoms with Crippen LogP contribution >= 0.6 is 0 Å². The SMILES string of the molecule is Cc1ccc(S(=O)(=O)OC[C@]2(C)C(=O)C=C[C@@H]3[C@H]2CC[C@@H]3C)cc1. The van der Waals surface area contributed by atoms with E-state index in [2.05, 4.69) is 6.92 Å². The van der Waals surface area contributed by atoms with E-state index in [1.54, 1.807) is 18.2 Å². The molecule has 4 atom stereocenters. The molecule has 0 spiro atoms. The fourth-order valence-corrected chi connectivity index (χ4v) is 5.02. The smallest absolute Gasteiger partial charge is 0.294 e. The lowest BCUT2D eigenvalue weighted by Gasteiger charge is -2.39. The summed E-state index contributed by atoms with van der Waals surface area (Å²) in [4.78, 5) is 12.6. The number of aryl methyl sites for hydroxylation is 1. The van der Waals surface area contributed by atoms with Gasteiger partial charge in [0.05, 0.1) is 16.9 Å². The third-order valence-corrected chi connectivity index (χ3v) is 7.01. The van der Waals surface area contributed by atoms with Crippen LogP contribution in [0.3, 0.4) is 0 Å². The summed E-state index contributed by atoms with van der Waals surface area (Å²) in [5.41, 5.74) is 0.207. The lowest BCUT2D eigenvalue weighted by Crippen LogP contribution is -2.44. The van der Waals surface area contributed by atoms with Gasteiger partial charge in [-0.2, -0.15) is 8.42 Å². The molecule has 0 heterocycles. The summed E-state index contributed by atoms with van der Waals surface area (Å²) in [6, 6.07) is 6.55. The molecule has 1 saturated carbocycles. The molecule has 0 bridgehead atoms. The largest absolute Gasteiger partial charge is 0.297 e. The molecule has 0 aliphatic heterocycles. The Morgan fingerprint density at radius 2 is 1.88 bits per heavy atom. The maximum Gasteiger partial charge on any atom is 0.297 e. The van der Waals surface area contributed by atoms with Gasteiger partial charge >= 0.3 is 0 Å². The summed E-state index contributed by atoms with van der Waals surface area (Å²) in [5, 5.41) is 0. The average molecular weight is 348 g/mol. The Bertz CT molecular complexity index is 763. The number of allylic oxidation sites excluding steroid dienone is 2. The van der Waals surface area contributed by atoms with Crippen molar-refractivity contribution in [3.05, 3.63) is 42.0 Å². The summed E-state index contributed by atoms with van der Waals surface area (Å²) in [5.74, 6) is 0.973. The van der Waals surface area contributed by atoms with Crippen LogP contribution in [0.2, 0.25) is 0 Å². The summed E-state index contributed by atoms with van der Waals surface area (Å²) in [7, 11) is -3.86. The third kappa shape index (κ3) is 2.95. The van der Waals surface area contributed by atoms with Crippen molar-refractivity contribution in [2.75, 3.05) is 6.61 Å².